The van der Waals surface area contributed by atoms with Gasteiger partial charge in [-0.3, -0.25) is 14.5 Å². The highest BCUT2D eigenvalue weighted by Crippen LogP contribution is 2.33. The second-order valence-corrected chi connectivity index (χ2v) is 8.48. The predicted molar refractivity (Wildman–Crippen MR) is 120 cm³/mol. The maximum atomic E-state index is 13.3. The van der Waals surface area contributed by atoms with E-state index in [1.54, 1.807) is 24.1 Å². The smallest absolute Gasteiger partial charge is 0.384 e. The number of hydrogen-bond donors (Lipinski definition) is 3. The number of rotatable bonds is 9. The minimum absolute atomic E-state index is 0.103. The lowest BCUT2D eigenvalue weighted by Gasteiger charge is -2.43. The molecule has 1 heterocycles. The number of nitrogens with zero attached hydrogens (tertiary/aromatic N) is 2. The Labute approximate surface area is 191 Å². The number of alkyl halides is 3. The van der Waals surface area contributed by atoms with Gasteiger partial charge in [-0.2, -0.15) is 13.2 Å². The summed E-state index contributed by atoms with van der Waals surface area (Å²) >= 11 is 0. The standard InChI is InChI=1S/C23H30F3N5O2/c1-14(2)31(4)22(3,21(28)33)18(11-15-6-5-7-17(10-15)23(24,25)26)20(32)30-13-16-8-9-19(27)29-12-16/h5-10,12,14,18H,11,13H2,1-4H3,(H2,27,29)(H2,28,33)(H,30,32)/t18-,22?/m1/s1. The van der Waals surface area contributed by atoms with Crippen molar-refractivity contribution in [3.8, 4) is 0 Å². The number of pyridine rings is 1. The molecule has 2 atom stereocenters. The summed E-state index contributed by atoms with van der Waals surface area (Å²) in [5.41, 5.74) is 9.98. The van der Waals surface area contributed by atoms with Gasteiger partial charge in [0.2, 0.25) is 11.8 Å². The molecule has 2 aromatic rings. The molecule has 1 aromatic carbocycles. The molecule has 0 saturated carbocycles. The van der Waals surface area contributed by atoms with Crippen molar-refractivity contribution in [3.05, 3.63) is 59.3 Å². The molecule has 180 valence electrons. The van der Waals surface area contributed by atoms with Crippen molar-refractivity contribution in [3.63, 3.8) is 0 Å². The highest BCUT2D eigenvalue weighted by molar-refractivity contribution is 5.92. The maximum Gasteiger partial charge on any atom is 0.416 e. The molecule has 10 heteroatoms. The van der Waals surface area contributed by atoms with Crippen LogP contribution in [0.1, 0.15) is 37.5 Å². The van der Waals surface area contributed by atoms with Crippen LogP contribution >= 0.6 is 0 Å². The summed E-state index contributed by atoms with van der Waals surface area (Å²) in [6.45, 7) is 5.31. The van der Waals surface area contributed by atoms with Crippen molar-refractivity contribution in [1.29, 1.82) is 0 Å². The van der Waals surface area contributed by atoms with E-state index in [1.165, 1.54) is 25.3 Å². The summed E-state index contributed by atoms with van der Waals surface area (Å²) < 4.78 is 39.7. The maximum absolute atomic E-state index is 13.3. The van der Waals surface area contributed by atoms with Crippen LogP contribution in [0.3, 0.4) is 0 Å². The SMILES string of the molecule is CC(C)N(C)C(C)(C(N)=O)[C@H](Cc1cccc(C(F)(F)F)c1)C(=O)NCc1ccc(N)nc1. The first-order valence-electron chi connectivity index (χ1n) is 10.4. The molecule has 2 amide bonds. The number of nitrogens with one attached hydrogen (secondary N) is 1. The molecular formula is C23H30F3N5O2. The Morgan fingerprint density at radius 1 is 1.15 bits per heavy atom. The van der Waals surface area contributed by atoms with Gasteiger partial charge in [0.15, 0.2) is 0 Å². The number of halogens is 3. The van der Waals surface area contributed by atoms with Crippen LogP contribution in [0.15, 0.2) is 42.6 Å². The van der Waals surface area contributed by atoms with Crippen LogP contribution in [0, 0.1) is 5.92 Å². The van der Waals surface area contributed by atoms with E-state index in [4.69, 9.17) is 11.5 Å². The van der Waals surface area contributed by atoms with Crippen LogP contribution < -0.4 is 16.8 Å². The fourth-order valence-corrected chi connectivity index (χ4v) is 3.64. The zero-order valence-corrected chi connectivity index (χ0v) is 19.1. The number of anilines is 1. The van der Waals surface area contributed by atoms with Crippen molar-refractivity contribution in [2.75, 3.05) is 12.8 Å². The fraction of sp³-hybridized carbons (Fsp3) is 0.435. The topological polar surface area (TPSA) is 114 Å². The van der Waals surface area contributed by atoms with E-state index in [-0.39, 0.29) is 24.6 Å². The molecule has 0 aliphatic heterocycles. The van der Waals surface area contributed by atoms with Gasteiger partial charge >= 0.3 is 6.18 Å². The number of nitrogen functional groups attached to an aromatic ring is 1. The molecule has 1 unspecified atom stereocenters. The van der Waals surface area contributed by atoms with Crippen LogP contribution in [-0.2, 0) is 28.7 Å². The molecule has 2 rings (SSSR count). The molecular weight excluding hydrogens is 435 g/mol. The van der Waals surface area contributed by atoms with E-state index >= 15 is 0 Å². The molecule has 0 saturated heterocycles. The molecule has 0 aliphatic carbocycles. The highest BCUT2D eigenvalue weighted by Gasteiger charge is 2.48. The summed E-state index contributed by atoms with van der Waals surface area (Å²) in [6, 6.07) is 7.83. The Morgan fingerprint density at radius 3 is 2.33 bits per heavy atom. The molecule has 1 aromatic heterocycles. The molecule has 5 N–H and O–H groups in total. The number of carbonyl (C=O) groups excluding carboxylic acids is 2. The lowest BCUT2D eigenvalue weighted by Crippen LogP contribution is -2.64. The first-order chi connectivity index (χ1) is 15.3. The average Bonchev–Trinajstić information content (AvgIpc) is 2.75. The molecule has 0 fully saturated rings. The number of carbonyl (C=O) groups is 2. The Bertz CT molecular complexity index is 979. The van der Waals surface area contributed by atoms with Crippen LogP contribution in [0.25, 0.3) is 0 Å². The quantitative estimate of drug-likeness (QED) is 0.527. The normalized spacial score (nSPS) is 14.7. The van der Waals surface area contributed by atoms with Crippen LogP contribution in [0.4, 0.5) is 19.0 Å². The Hall–Kier alpha value is -3.14. The molecule has 33 heavy (non-hydrogen) atoms. The third kappa shape index (κ3) is 6.22. The number of amides is 2. The second-order valence-electron chi connectivity index (χ2n) is 8.48. The Kier molecular flexibility index (Phi) is 8.07. The number of nitrogens with two attached hydrogens (primary N) is 2. The third-order valence-electron chi connectivity index (χ3n) is 6.01. The fourth-order valence-electron chi connectivity index (χ4n) is 3.64. The van der Waals surface area contributed by atoms with Gasteiger partial charge in [-0.25, -0.2) is 4.98 Å². The number of aromatic nitrogens is 1. The third-order valence-corrected chi connectivity index (χ3v) is 6.01. The summed E-state index contributed by atoms with van der Waals surface area (Å²) in [5, 5.41) is 2.76. The number of likely N-dealkylation sites (N-methyl/N-ethyl adjacent to an activating group) is 1. The molecule has 0 radical (unpaired) electrons. The van der Waals surface area contributed by atoms with Gasteiger partial charge in [-0.15, -0.1) is 0 Å². The summed E-state index contributed by atoms with van der Waals surface area (Å²) in [6.07, 6.45) is -3.14. The van der Waals surface area contributed by atoms with Crippen LogP contribution in [-0.4, -0.2) is 40.3 Å². The average molecular weight is 466 g/mol. The molecule has 0 spiro atoms. The molecule has 0 aliphatic rings. The van der Waals surface area contributed by atoms with Gasteiger partial charge in [0, 0.05) is 18.8 Å². The number of hydrogen-bond acceptors (Lipinski definition) is 5. The minimum atomic E-state index is -4.53. The van der Waals surface area contributed by atoms with Crippen molar-refractivity contribution < 1.29 is 22.8 Å². The summed E-state index contributed by atoms with van der Waals surface area (Å²) in [4.78, 5) is 31.6. The molecule has 7 nitrogen and oxygen atoms in total. The van der Waals surface area contributed by atoms with Gasteiger partial charge in [0.1, 0.15) is 11.4 Å². The van der Waals surface area contributed by atoms with Gasteiger partial charge < -0.3 is 16.8 Å². The van der Waals surface area contributed by atoms with Crippen LogP contribution in [0.5, 0.6) is 0 Å². The monoisotopic (exact) mass is 465 g/mol. The summed E-state index contributed by atoms with van der Waals surface area (Å²) in [7, 11) is 1.66. The minimum Gasteiger partial charge on any atom is -0.384 e. The van der Waals surface area contributed by atoms with E-state index in [1.807, 2.05) is 13.8 Å². The predicted octanol–water partition coefficient (Wildman–Crippen LogP) is 2.74. The van der Waals surface area contributed by atoms with E-state index in [9.17, 15) is 22.8 Å². The van der Waals surface area contributed by atoms with Crippen molar-refractivity contribution in [2.45, 2.75) is 51.5 Å². The number of benzene rings is 1. The first kappa shape index (κ1) is 26.1. The lowest BCUT2D eigenvalue weighted by atomic mass is 9.78. The van der Waals surface area contributed by atoms with Crippen molar-refractivity contribution in [2.24, 2.45) is 11.7 Å². The molecule has 0 bridgehead atoms. The van der Waals surface area contributed by atoms with Crippen molar-refractivity contribution in [1.82, 2.24) is 15.2 Å². The Morgan fingerprint density at radius 2 is 1.82 bits per heavy atom. The van der Waals surface area contributed by atoms with E-state index in [2.05, 4.69) is 10.3 Å². The van der Waals surface area contributed by atoms with Gasteiger partial charge in [0.05, 0.1) is 11.5 Å². The largest absolute Gasteiger partial charge is 0.416 e. The lowest BCUT2D eigenvalue weighted by molar-refractivity contribution is -0.142. The first-order valence-corrected chi connectivity index (χ1v) is 10.4. The number of primary amides is 1. The van der Waals surface area contributed by atoms with E-state index < -0.39 is 35.0 Å². The summed E-state index contributed by atoms with van der Waals surface area (Å²) in [5.74, 6) is -2.00. The zero-order chi connectivity index (χ0) is 25.0. The van der Waals surface area contributed by atoms with Gasteiger partial charge in [-0.05, 0) is 57.5 Å². The Balaban J connectivity index is 2.43. The van der Waals surface area contributed by atoms with Crippen LogP contribution in [0.2, 0.25) is 0 Å². The van der Waals surface area contributed by atoms with Gasteiger partial charge in [-0.1, -0.05) is 24.3 Å². The van der Waals surface area contributed by atoms with E-state index in [0.717, 1.165) is 12.1 Å². The van der Waals surface area contributed by atoms with Gasteiger partial charge in [0.25, 0.3) is 0 Å². The van der Waals surface area contributed by atoms with E-state index in [0.29, 0.717) is 11.4 Å². The van der Waals surface area contributed by atoms with Crippen molar-refractivity contribution >= 4 is 17.6 Å². The highest BCUT2D eigenvalue weighted by atomic mass is 19.4. The zero-order valence-electron chi connectivity index (χ0n) is 19.1. The second kappa shape index (κ2) is 10.2.